The second-order valence-corrected chi connectivity index (χ2v) is 7.43. The molecule has 3 fully saturated rings. The maximum Gasteiger partial charge on any atom is 0.0953 e. The molecule has 118 valence electrons. The van der Waals surface area contributed by atoms with E-state index in [1.54, 1.807) is 0 Å². The van der Waals surface area contributed by atoms with Crippen molar-refractivity contribution in [1.82, 2.24) is 9.88 Å². The van der Waals surface area contributed by atoms with Crippen molar-refractivity contribution in [2.75, 3.05) is 6.54 Å². The van der Waals surface area contributed by atoms with Gasteiger partial charge in [0.1, 0.15) is 0 Å². The minimum absolute atomic E-state index is 0.261. The number of benzene rings is 1. The summed E-state index contributed by atoms with van der Waals surface area (Å²) in [4.78, 5) is 7.00. The molecule has 3 heterocycles. The second kappa shape index (κ2) is 4.65. The van der Waals surface area contributed by atoms with E-state index in [1.165, 1.54) is 12.8 Å². The highest BCUT2D eigenvalue weighted by Crippen LogP contribution is 2.64. The van der Waals surface area contributed by atoms with Crippen molar-refractivity contribution < 1.29 is 5.11 Å². The van der Waals surface area contributed by atoms with Crippen LogP contribution in [0.4, 0.5) is 0 Å². The summed E-state index contributed by atoms with van der Waals surface area (Å²) in [5, 5.41) is 12.1. The van der Waals surface area contributed by atoms with Crippen LogP contribution in [-0.4, -0.2) is 33.1 Å². The lowest BCUT2D eigenvalue weighted by Gasteiger charge is -2.66. The number of rotatable bonds is 3. The zero-order chi connectivity index (χ0) is 15.6. The first kappa shape index (κ1) is 13.7. The number of allylic oxidation sites excluding steroid dienone is 1. The molecule has 5 rings (SSSR count). The van der Waals surface area contributed by atoms with Crippen molar-refractivity contribution in [3.05, 3.63) is 54.7 Å². The molecule has 1 spiro atoms. The van der Waals surface area contributed by atoms with E-state index in [9.17, 15) is 5.11 Å². The fourth-order valence-electron chi connectivity index (χ4n) is 5.57. The molecule has 2 saturated heterocycles. The molecule has 0 amide bonds. The topological polar surface area (TPSA) is 36.4 Å². The second-order valence-electron chi connectivity index (χ2n) is 7.43. The van der Waals surface area contributed by atoms with Gasteiger partial charge in [-0.05, 0) is 55.3 Å². The van der Waals surface area contributed by atoms with Crippen molar-refractivity contribution in [2.45, 2.75) is 36.9 Å². The molecule has 2 aliphatic heterocycles. The first-order valence-electron chi connectivity index (χ1n) is 8.65. The van der Waals surface area contributed by atoms with Crippen LogP contribution in [0, 0.1) is 11.8 Å². The number of hydrogen-bond donors (Lipinski definition) is 1. The molecule has 5 atom stereocenters. The molecule has 1 aromatic carbocycles. The number of nitrogens with zero attached hydrogens (tertiary/aromatic N) is 2. The van der Waals surface area contributed by atoms with Gasteiger partial charge in [-0.1, -0.05) is 24.3 Å². The molecule has 1 aromatic heterocycles. The van der Waals surface area contributed by atoms with Crippen LogP contribution in [0.25, 0.3) is 10.9 Å². The van der Waals surface area contributed by atoms with Crippen LogP contribution in [0.2, 0.25) is 0 Å². The molecule has 0 bridgehead atoms. The lowest BCUT2D eigenvalue weighted by Crippen LogP contribution is -2.72. The fraction of sp³-hybridized carbons (Fsp3) is 0.450. The van der Waals surface area contributed by atoms with Crippen LogP contribution in [0.3, 0.4) is 0 Å². The summed E-state index contributed by atoms with van der Waals surface area (Å²) in [5.74, 6) is 1.47. The zero-order valence-corrected chi connectivity index (χ0v) is 13.2. The predicted octanol–water partition coefficient (Wildman–Crippen LogP) is 3.31. The third-order valence-electron chi connectivity index (χ3n) is 6.68. The van der Waals surface area contributed by atoms with E-state index in [1.807, 2.05) is 30.5 Å². The van der Waals surface area contributed by atoms with Gasteiger partial charge < -0.3 is 5.11 Å². The number of aliphatic hydroxyl groups excluding tert-OH is 1. The highest BCUT2D eigenvalue weighted by Gasteiger charge is 2.68. The van der Waals surface area contributed by atoms with Crippen LogP contribution >= 0.6 is 0 Å². The summed E-state index contributed by atoms with van der Waals surface area (Å²) in [6.45, 7) is 5.11. The summed E-state index contributed by atoms with van der Waals surface area (Å²) in [6, 6.07) is 10.4. The maximum atomic E-state index is 11.0. The van der Waals surface area contributed by atoms with E-state index in [0.29, 0.717) is 11.5 Å². The van der Waals surface area contributed by atoms with Gasteiger partial charge in [-0.3, -0.25) is 9.88 Å². The number of hydrogen-bond acceptors (Lipinski definition) is 3. The zero-order valence-electron chi connectivity index (χ0n) is 13.2. The first-order valence-corrected chi connectivity index (χ1v) is 8.65. The number of para-hydroxylation sites is 1. The first-order chi connectivity index (χ1) is 11.2. The molecule has 3 heteroatoms. The highest BCUT2D eigenvalue weighted by molar-refractivity contribution is 5.82. The smallest absolute Gasteiger partial charge is 0.0953 e. The Bertz CT molecular complexity index is 783. The van der Waals surface area contributed by atoms with Gasteiger partial charge in [0.05, 0.1) is 11.6 Å². The third-order valence-corrected chi connectivity index (χ3v) is 6.68. The van der Waals surface area contributed by atoms with Gasteiger partial charge in [0.2, 0.25) is 0 Å². The van der Waals surface area contributed by atoms with Gasteiger partial charge in [0.15, 0.2) is 0 Å². The number of aliphatic hydroxyl groups is 1. The highest BCUT2D eigenvalue weighted by atomic mass is 16.3. The van der Waals surface area contributed by atoms with E-state index in [0.717, 1.165) is 35.3 Å². The molecule has 1 saturated carbocycles. The van der Waals surface area contributed by atoms with Crippen LogP contribution in [-0.2, 0) is 0 Å². The molecule has 1 N–H and O–H groups in total. The molecular weight excluding hydrogens is 284 g/mol. The predicted molar refractivity (Wildman–Crippen MR) is 91.0 cm³/mol. The van der Waals surface area contributed by atoms with Crippen molar-refractivity contribution in [2.24, 2.45) is 11.8 Å². The average Bonchev–Trinajstić information content (AvgIpc) is 2.76. The SMILES string of the molecule is C=CC1CC23CC(C(O)c4ccnc5ccccc45)N2CCC13. The van der Waals surface area contributed by atoms with Crippen molar-refractivity contribution in [3.8, 4) is 0 Å². The summed E-state index contributed by atoms with van der Waals surface area (Å²) in [6.07, 6.45) is 7.16. The molecule has 2 aromatic rings. The van der Waals surface area contributed by atoms with Crippen LogP contribution < -0.4 is 0 Å². The van der Waals surface area contributed by atoms with E-state index in [2.05, 4.69) is 28.6 Å². The minimum atomic E-state index is -0.421. The Morgan fingerprint density at radius 1 is 1.30 bits per heavy atom. The maximum absolute atomic E-state index is 11.0. The molecule has 3 nitrogen and oxygen atoms in total. The van der Waals surface area contributed by atoms with Gasteiger partial charge in [-0.25, -0.2) is 0 Å². The summed E-state index contributed by atoms with van der Waals surface area (Å²) >= 11 is 0. The Morgan fingerprint density at radius 3 is 3.04 bits per heavy atom. The van der Waals surface area contributed by atoms with Gasteiger partial charge in [0, 0.05) is 23.2 Å². The Morgan fingerprint density at radius 2 is 2.17 bits per heavy atom. The van der Waals surface area contributed by atoms with E-state index in [4.69, 9.17) is 0 Å². The van der Waals surface area contributed by atoms with Crippen LogP contribution in [0.15, 0.2) is 49.2 Å². The molecule has 1 aliphatic carbocycles. The molecule has 23 heavy (non-hydrogen) atoms. The number of aromatic nitrogens is 1. The standard InChI is InChI=1S/C20H22N2O/c1-2-13-11-20-12-18(22(20)10-8-16(13)20)19(23)15-7-9-21-17-6-4-3-5-14(15)17/h2-7,9,13,16,18-19,23H,1,8,10-12H2. The van der Waals surface area contributed by atoms with Gasteiger partial charge in [-0.15, -0.1) is 6.58 Å². The minimum Gasteiger partial charge on any atom is -0.387 e. The Labute approximate surface area is 136 Å². The van der Waals surface area contributed by atoms with E-state index < -0.39 is 6.10 Å². The summed E-state index contributed by atoms with van der Waals surface area (Å²) in [5.41, 5.74) is 2.37. The monoisotopic (exact) mass is 306 g/mol. The lowest BCUT2D eigenvalue weighted by atomic mass is 9.53. The van der Waals surface area contributed by atoms with Gasteiger partial charge in [-0.2, -0.15) is 0 Å². The Kier molecular flexibility index (Phi) is 2.77. The Hall–Kier alpha value is -1.71. The largest absolute Gasteiger partial charge is 0.387 e. The summed E-state index contributed by atoms with van der Waals surface area (Å²) < 4.78 is 0. The normalized spacial score (nSPS) is 36.7. The van der Waals surface area contributed by atoms with Crippen molar-refractivity contribution >= 4 is 10.9 Å². The molecule has 3 aliphatic rings. The quantitative estimate of drug-likeness (QED) is 0.884. The third kappa shape index (κ3) is 1.64. The van der Waals surface area contributed by atoms with Gasteiger partial charge in [0.25, 0.3) is 0 Å². The van der Waals surface area contributed by atoms with E-state index >= 15 is 0 Å². The van der Waals surface area contributed by atoms with Crippen molar-refractivity contribution in [1.29, 1.82) is 0 Å². The summed E-state index contributed by atoms with van der Waals surface area (Å²) in [7, 11) is 0. The van der Waals surface area contributed by atoms with Crippen LogP contribution in [0.1, 0.15) is 30.9 Å². The fourth-order valence-corrected chi connectivity index (χ4v) is 5.57. The average molecular weight is 306 g/mol. The molecule has 0 radical (unpaired) electrons. The number of pyridine rings is 1. The van der Waals surface area contributed by atoms with Crippen molar-refractivity contribution in [3.63, 3.8) is 0 Å². The molecule has 5 unspecified atom stereocenters. The molecular formula is C20H22N2O. The Balaban J connectivity index is 1.45. The van der Waals surface area contributed by atoms with E-state index in [-0.39, 0.29) is 6.04 Å². The number of fused-ring (bicyclic) bond motifs is 1. The lowest BCUT2D eigenvalue weighted by molar-refractivity contribution is -0.167. The van der Waals surface area contributed by atoms with Gasteiger partial charge >= 0.3 is 0 Å². The van der Waals surface area contributed by atoms with Crippen LogP contribution in [0.5, 0.6) is 0 Å².